The predicted molar refractivity (Wildman–Crippen MR) is 118 cm³/mol. The molecule has 3 aromatic rings. The zero-order valence-electron chi connectivity index (χ0n) is 18.1. The minimum atomic E-state index is -0.387. The van der Waals surface area contributed by atoms with Gasteiger partial charge < -0.3 is 9.30 Å². The Kier molecular flexibility index (Phi) is 6.80. The van der Waals surface area contributed by atoms with Crippen molar-refractivity contribution < 1.29 is 9.13 Å². The fraction of sp³-hybridized carbons (Fsp3) is 0.417. The number of aromatic nitrogens is 2. The SMILES string of the molecule is Cc1c(C)n(COCCC(C)C)c2c(C#N)cc(F)c(C(C)c3ccc(Cl)nc3)c12. The van der Waals surface area contributed by atoms with Gasteiger partial charge in [-0.25, -0.2) is 9.37 Å². The number of pyridine rings is 1. The van der Waals surface area contributed by atoms with Crippen molar-refractivity contribution >= 4 is 22.5 Å². The van der Waals surface area contributed by atoms with Gasteiger partial charge in [0.25, 0.3) is 0 Å². The molecule has 3 rings (SSSR count). The fourth-order valence-electron chi connectivity index (χ4n) is 3.82. The van der Waals surface area contributed by atoms with E-state index < -0.39 is 0 Å². The first-order valence-corrected chi connectivity index (χ1v) is 10.5. The number of ether oxygens (including phenoxy) is 1. The number of fused-ring (bicyclic) bond motifs is 1. The van der Waals surface area contributed by atoms with Crippen LogP contribution in [-0.2, 0) is 11.5 Å². The van der Waals surface area contributed by atoms with Crippen LogP contribution >= 0.6 is 11.6 Å². The summed E-state index contributed by atoms with van der Waals surface area (Å²) in [5.74, 6) is -0.0817. The van der Waals surface area contributed by atoms with Crippen molar-refractivity contribution in [2.45, 2.75) is 53.7 Å². The Morgan fingerprint density at radius 1 is 1.27 bits per heavy atom. The highest BCUT2D eigenvalue weighted by atomic mass is 35.5. The molecule has 30 heavy (non-hydrogen) atoms. The predicted octanol–water partition coefficient (Wildman–Crippen LogP) is 6.49. The molecule has 158 valence electrons. The van der Waals surface area contributed by atoms with Gasteiger partial charge in [-0.15, -0.1) is 0 Å². The minimum absolute atomic E-state index is 0.249. The smallest absolute Gasteiger partial charge is 0.129 e. The van der Waals surface area contributed by atoms with Crippen molar-refractivity contribution in [2.24, 2.45) is 5.92 Å². The number of nitriles is 1. The lowest BCUT2D eigenvalue weighted by atomic mass is 9.89. The Labute approximate surface area is 182 Å². The number of aryl methyl sites for hydroxylation is 1. The molecule has 0 amide bonds. The van der Waals surface area contributed by atoms with Crippen LogP contribution in [0.5, 0.6) is 0 Å². The largest absolute Gasteiger partial charge is 0.361 e. The number of benzene rings is 1. The lowest BCUT2D eigenvalue weighted by Gasteiger charge is -2.17. The molecule has 0 saturated carbocycles. The van der Waals surface area contributed by atoms with E-state index in [0.29, 0.717) is 35.5 Å². The highest BCUT2D eigenvalue weighted by Crippen LogP contribution is 2.38. The van der Waals surface area contributed by atoms with Crippen LogP contribution in [-0.4, -0.2) is 16.2 Å². The third-order valence-electron chi connectivity index (χ3n) is 5.75. The molecule has 0 saturated heterocycles. The van der Waals surface area contributed by atoms with E-state index in [1.165, 1.54) is 6.07 Å². The van der Waals surface area contributed by atoms with Gasteiger partial charge in [-0.1, -0.05) is 38.4 Å². The van der Waals surface area contributed by atoms with Crippen LogP contribution in [0.15, 0.2) is 24.4 Å². The Morgan fingerprint density at radius 2 is 2.00 bits per heavy atom. The van der Waals surface area contributed by atoms with E-state index in [1.54, 1.807) is 12.3 Å². The Hall–Kier alpha value is -2.42. The monoisotopic (exact) mass is 427 g/mol. The summed E-state index contributed by atoms with van der Waals surface area (Å²) < 4.78 is 23.1. The van der Waals surface area contributed by atoms with Gasteiger partial charge in [0.05, 0.1) is 11.1 Å². The second-order valence-corrected chi connectivity index (χ2v) is 8.54. The normalized spacial score (nSPS) is 12.5. The van der Waals surface area contributed by atoms with E-state index in [9.17, 15) is 5.26 Å². The lowest BCUT2D eigenvalue weighted by Crippen LogP contribution is -2.08. The van der Waals surface area contributed by atoms with E-state index in [2.05, 4.69) is 24.9 Å². The van der Waals surface area contributed by atoms with Crippen LogP contribution in [0.25, 0.3) is 10.9 Å². The number of rotatable bonds is 7. The van der Waals surface area contributed by atoms with Gasteiger partial charge in [0.1, 0.15) is 23.8 Å². The van der Waals surface area contributed by atoms with Gasteiger partial charge in [-0.05, 0) is 49.4 Å². The van der Waals surface area contributed by atoms with Gasteiger partial charge in [0.15, 0.2) is 0 Å². The summed E-state index contributed by atoms with van der Waals surface area (Å²) in [6, 6.07) is 7.07. The van der Waals surface area contributed by atoms with E-state index in [0.717, 1.165) is 34.1 Å². The van der Waals surface area contributed by atoms with Gasteiger partial charge in [-0.3, -0.25) is 0 Å². The highest BCUT2D eigenvalue weighted by Gasteiger charge is 2.25. The summed E-state index contributed by atoms with van der Waals surface area (Å²) in [5, 5.41) is 10.9. The Bertz CT molecular complexity index is 1100. The lowest BCUT2D eigenvalue weighted by molar-refractivity contribution is 0.0708. The molecule has 2 heterocycles. The van der Waals surface area contributed by atoms with E-state index in [1.807, 2.05) is 31.4 Å². The first kappa shape index (κ1) is 22.3. The zero-order chi connectivity index (χ0) is 22.0. The number of nitrogens with zero attached hydrogens (tertiary/aromatic N) is 3. The van der Waals surface area contributed by atoms with Crippen LogP contribution in [0.3, 0.4) is 0 Å². The molecule has 1 aromatic carbocycles. The molecular weight excluding hydrogens is 401 g/mol. The van der Waals surface area contributed by atoms with Gasteiger partial charge in [-0.2, -0.15) is 5.26 Å². The highest BCUT2D eigenvalue weighted by molar-refractivity contribution is 6.29. The van der Waals surface area contributed by atoms with Gasteiger partial charge in [0, 0.05) is 35.4 Å². The van der Waals surface area contributed by atoms with Crippen molar-refractivity contribution in [1.29, 1.82) is 5.26 Å². The molecule has 0 aliphatic rings. The maximum absolute atomic E-state index is 15.3. The minimum Gasteiger partial charge on any atom is -0.361 e. The van der Waals surface area contributed by atoms with Crippen LogP contribution < -0.4 is 0 Å². The molecule has 6 heteroatoms. The van der Waals surface area contributed by atoms with Crippen molar-refractivity contribution in [3.63, 3.8) is 0 Å². The summed E-state index contributed by atoms with van der Waals surface area (Å²) in [4.78, 5) is 4.14. The summed E-state index contributed by atoms with van der Waals surface area (Å²) in [6.45, 7) is 11.2. The van der Waals surface area contributed by atoms with Gasteiger partial charge in [0.2, 0.25) is 0 Å². The summed E-state index contributed by atoms with van der Waals surface area (Å²) in [6.07, 6.45) is 2.63. The third kappa shape index (κ3) is 4.21. The molecule has 2 aromatic heterocycles. The molecule has 4 nitrogen and oxygen atoms in total. The number of hydrogen-bond acceptors (Lipinski definition) is 3. The number of hydrogen-bond donors (Lipinski definition) is 0. The van der Waals surface area contributed by atoms with Crippen LogP contribution in [0, 0.1) is 36.9 Å². The maximum Gasteiger partial charge on any atom is 0.129 e. The molecule has 0 aliphatic carbocycles. The second-order valence-electron chi connectivity index (χ2n) is 8.15. The third-order valence-corrected chi connectivity index (χ3v) is 5.97. The summed E-state index contributed by atoms with van der Waals surface area (Å²) >= 11 is 5.92. The molecule has 0 aliphatic heterocycles. The van der Waals surface area contributed by atoms with E-state index >= 15 is 4.39 Å². The Morgan fingerprint density at radius 3 is 2.60 bits per heavy atom. The molecular formula is C24H27ClFN3O. The van der Waals surface area contributed by atoms with Crippen LogP contribution in [0.1, 0.15) is 61.1 Å². The molecule has 1 atom stereocenters. The van der Waals surface area contributed by atoms with E-state index in [-0.39, 0.29) is 11.7 Å². The first-order chi connectivity index (χ1) is 14.3. The molecule has 0 spiro atoms. The molecule has 0 fully saturated rings. The van der Waals surface area contributed by atoms with Gasteiger partial charge >= 0.3 is 0 Å². The second kappa shape index (κ2) is 9.16. The Balaban J connectivity index is 2.15. The average molecular weight is 428 g/mol. The number of halogens is 2. The molecule has 0 N–H and O–H groups in total. The topological polar surface area (TPSA) is 50.8 Å². The van der Waals surface area contributed by atoms with Crippen molar-refractivity contribution in [3.05, 3.63) is 63.3 Å². The average Bonchev–Trinajstić information content (AvgIpc) is 2.95. The van der Waals surface area contributed by atoms with Crippen molar-refractivity contribution in [3.8, 4) is 6.07 Å². The summed E-state index contributed by atoms with van der Waals surface area (Å²) in [5.41, 5.74) is 4.40. The van der Waals surface area contributed by atoms with Crippen molar-refractivity contribution in [1.82, 2.24) is 9.55 Å². The zero-order valence-corrected chi connectivity index (χ0v) is 18.8. The molecule has 1 unspecified atom stereocenters. The summed E-state index contributed by atoms with van der Waals surface area (Å²) in [7, 11) is 0. The van der Waals surface area contributed by atoms with Crippen molar-refractivity contribution in [2.75, 3.05) is 6.61 Å². The first-order valence-electron chi connectivity index (χ1n) is 10.2. The quantitative estimate of drug-likeness (QED) is 0.320. The van der Waals surface area contributed by atoms with E-state index in [4.69, 9.17) is 16.3 Å². The van der Waals surface area contributed by atoms with Crippen LogP contribution in [0.4, 0.5) is 4.39 Å². The maximum atomic E-state index is 15.3. The standard InChI is InChI=1S/C24H27ClFN3O/c1-14(2)8-9-30-13-29-17(5)15(3)23-22(20(26)10-19(11-27)24(23)29)16(4)18-6-7-21(25)28-12-18/h6-7,10,12,14,16H,8-9,13H2,1-5H3. The van der Waals surface area contributed by atoms with Crippen LogP contribution in [0.2, 0.25) is 5.15 Å². The molecule has 0 radical (unpaired) electrons. The fourth-order valence-corrected chi connectivity index (χ4v) is 3.93. The molecule has 0 bridgehead atoms.